The maximum atomic E-state index is 0. The van der Waals surface area contributed by atoms with Gasteiger partial charge in [0, 0.05) is 36.5 Å². The quantitative estimate of drug-likeness (QED) is 0.318. The molecule has 5 radical (unpaired) electrons. The molecule has 0 aliphatic carbocycles. The fraction of sp³-hybridized carbons (Fsp3) is 0. The van der Waals surface area contributed by atoms with E-state index in [0.717, 1.165) is 0 Å². The van der Waals surface area contributed by atoms with E-state index in [4.69, 9.17) is 0 Å². The first-order valence-electron chi connectivity index (χ1n) is 0. The molecular formula is H5GeLiPS. The maximum absolute atomic E-state index is 0. The molecule has 0 fully saturated rings. The second-order valence-corrected chi connectivity index (χ2v) is 0. The molecule has 0 nitrogen and oxygen atoms in total. The minimum atomic E-state index is 0. The van der Waals surface area contributed by atoms with Crippen LogP contribution in [-0.4, -0.2) is 36.5 Å². The first kappa shape index (κ1) is 38.9. The van der Waals surface area contributed by atoms with Crippen molar-refractivity contribution in [3.8, 4) is 0 Å². The van der Waals surface area contributed by atoms with E-state index in [2.05, 4.69) is 0 Å². The zero-order valence-electron chi connectivity index (χ0n) is 2.71. The fourth-order valence-corrected chi connectivity index (χ4v) is 0. The monoisotopic (exact) mass is 149 g/mol. The summed E-state index contributed by atoms with van der Waals surface area (Å²) in [5.41, 5.74) is 0. The van der Waals surface area contributed by atoms with Gasteiger partial charge < -0.3 is 0 Å². The van der Waals surface area contributed by atoms with Crippen LogP contribution >= 0.6 is 23.4 Å². The van der Waals surface area contributed by atoms with E-state index in [1.165, 1.54) is 0 Å². The second kappa shape index (κ2) is 20.5. The maximum Gasteiger partial charge on any atom is 0 e. The van der Waals surface area contributed by atoms with Crippen molar-refractivity contribution < 1.29 is 0 Å². The Morgan fingerprint density at radius 1 is 1.00 bits per heavy atom. The third kappa shape index (κ3) is 9.07. The Labute approximate surface area is 59.7 Å². The molecule has 0 aromatic rings. The van der Waals surface area contributed by atoms with Gasteiger partial charge >= 0.3 is 0 Å². The van der Waals surface area contributed by atoms with Gasteiger partial charge in [0.2, 0.25) is 0 Å². The molecule has 0 amide bonds. The van der Waals surface area contributed by atoms with E-state index in [0.29, 0.717) is 0 Å². The van der Waals surface area contributed by atoms with Gasteiger partial charge in [0.1, 0.15) is 0 Å². The largest absolute Gasteiger partial charge is 0.197 e. The van der Waals surface area contributed by atoms with Crippen LogP contribution in [0.25, 0.3) is 0 Å². The van der Waals surface area contributed by atoms with E-state index >= 15 is 0 Å². The molecule has 0 aliphatic rings. The van der Waals surface area contributed by atoms with E-state index in [-0.39, 0.29) is 59.9 Å². The molecule has 21 valence electrons. The Morgan fingerprint density at radius 2 is 1.00 bits per heavy atom. The van der Waals surface area contributed by atoms with Crippen LogP contribution in [0, 0.1) is 0 Å². The SMILES string of the molecule is P.S.[Ge].[Li]. The second-order valence-electron chi connectivity index (χ2n) is 0. The molecule has 1 atom stereocenters. The van der Waals surface area contributed by atoms with Crippen molar-refractivity contribution in [3.63, 3.8) is 0 Å². The van der Waals surface area contributed by atoms with Crippen LogP contribution in [0.1, 0.15) is 0 Å². The van der Waals surface area contributed by atoms with Crippen LogP contribution in [0.15, 0.2) is 0 Å². The number of hydrogen-bond donors (Lipinski definition) is 0. The molecule has 1 unspecified atom stereocenters. The predicted octanol–water partition coefficient (Wildman–Crippen LogP) is -0.591. The Morgan fingerprint density at radius 3 is 1.00 bits per heavy atom. The molecule has 0 heterocycles. The van der Waals surface area contributed by atoms with Crippen molar-refractivity contribution in [2.75, 3.05) is 0 Å². The van der Waals surface area contributed by atoms with Crippen LogP contribution in [0.3, 0.4) is 0 Å². The third-order valence-corrected chi connectivity index (χ3v) is 0. The van der Waals surface area contributed by atoms with Crippen LogP contribution in [0.2, 0.25) is 0 Å². The predicted molar refractivity (Wildman–Crippen MR) is 33.0 cm³/mol. The molecule has 4 heteroatoms. The van der Waals surface area contributed by atoms with Crippen molar-refractivity contribution in [1.29, 1.82) is 0 Å². The standard InChI is InChI=1S/Ge.Li.H3P.H2S/h;;1H3;1H2. The van der Waals surface area contributed by atoms with Crippen molar-refractivity contribution in [1.82, 2.24) is 0 Å². The summed E-state index contributed by atoms with van der Waals surface area (Å²) < 4.78 is 0. The van der Waals surface area contributed by atoms with Crippen molar-refractivity contribution >= 4 is 59.9 Å². The van der Waals surface area contributed by atoms with Gasteiger partial charge in [-0.3, -0.25) is 0 Å². The van der Waals surface area contributed by atoms with Gasteiger partial charge in [-0.05, 0) is 0 Å². The molecule has 0 aromatic carbocycles. The zero-order valence-corrected chi connectivity index (χ0v) is 7.22. The Balaban J connectivity index is 0. The molecule has 0 saturated carbocycles. The smallest absolute Gasteiger partial charge is 0 e. The van der Waals surface area contributed by atoms with Gasteiger partial charge in [-0.2, -0.15) is 23.4 Å². The summed E-state index contributed by atoms with van der Waals surface area (Å²) in [7, 11) is 0. The van der Waals surface area contributed by atoms with E-state index in [9.17, 15) is 0 Å². The minimum absolute atomic E-state index is 0. The van der Waals surface area contributed by atoms with Crippen LogP contribution in [0.4, 0.5) is 0 Å². The fourth-order valence-electron chi connectivity index (χ4n) is 0. The zero-order chi connectivity index (χ0) is 0. The number of rotatable bonds is 0. The van der Waals surface area contributed by atoms with Crippen LogP contribution < -0.4 is 0 Å². The molecule has 4 heavy (non-hydrogen) atoms. The topological polar surface area (TPSA) is 0 Å². The van der Waals surface area contributed by atoms with E-state index in [1.807, 2.05) is 0 Å². The minimum Gasteiger partial charge on any atom is -0.197 e. The average Bonchev–Trinajstić information content (AvgIpc) is 0. The van der Waals surface area contributed by atoms with E-state index in [1.54, 1.807) is 0 Å². The molecule has 0 spiro atoms. The average molecular weight is 148 g/mol. The van der Waals surface area contributed by atoms with E-state index < -0.39 is 0 Å². The summed E-state index contributed by atoms with van der Waals surface area (Å²) in [5, 5.41) is 0. The van der Waals surface area contributed by atoms with Crippen molar-refractivity contribution in [3.05, 3.63) is 0 Å². The Kier molecular flexibility index (Phi) is 199. The Hall–Kier alpha value is 1.92. The summed E-state index contributed by atoms with van der Waals surface area (Å²) in [6.45, 7) is 0. The van der Waals surface area contributed by atoms with Crippen LogP contribution in [0.5, 0.6) is 0 Å². The summed E-state index contributed by atoms with van der Waals surface area (Å²) >= 11 is 0. The summed E-state index contributed by atoms with van der Waals surface area (Å²) in [5.74, 6) is 0. The van der Waals surface area contributed by atoms with Gasteiger partial charge in [-0.15, -0.1) is 0 Å². The van der Waals surface area contributed by atoms with Crippen molar-refractivity contribution in [2.45, 2.75) is 0 Å². The first-order valence-corrected chi connectivity index (χ1v) is 0. The van der Waals surface area contributed by atoms with Gasteiger partial charge in [-0.25, -0.2) is 0 Å². The third-order valence-electron chi connectivity index (χ3n) is 0. The van der Waals surface area contributed by atoms with Gasteiger partial charge in [0.05, 0.1) is 0 Å². The molecule has 0 saturated heterocycles. The normalized spacial score (nSPS) is 0. The van der Waals surface area contributed by atoms with Gasteiger partial charge in [-0.1, -0.05) is 0 Å². The molecule has 0 aromatic heterocycles. The molecule has 0 aliphatic heterocycles. The summed E-state index contributed by atoms with van der Waals surface area (Å²) in [6, 6.07) is 0. The Bertz CT molecular complexity index is 8.00. The first-order chi connectivity index (χ1) is 0. The number of hydrogen-bond acceptors (Lipinski definition) is 0. The van der Waals surface area contributed by atoms with Gasteiger partial charge in [0.15, 0.2) is 0 Å². The molecular weight excluding hydrogens is 143 g/mol. The molecule has 0 N–H and O–H groups in total. The molecule has 0 bridgehead atoms. The summed E-state index contributed by atoms with van der Waals surface area (Å²) in [4.78, 5) is 0. The van der Waals surface area contributed by atoms with Gasteiger partial charge in [0.25, 0.3) is 0 Å². The summed E-state index contributed by atoms with van der Waals surface area (Å²) in [6.07, 6.45) is 0. The van der Waals surface area contributed by atoms with Crippen LogP contribution in [-0.2, 0) is 0 Å². The van der Waals surface area contributed by atoms with Crippen molar-refractivity contribution in [2.24, 2.45) is 0 Å². The molecule has 0 rings (SSSR count).